The van der Waals surface area contributed by atoms with Crippen LogP contribution in [0.3, 0.4) is 0 Å². The second kappa shape index (κ2) is 7.79. The fourth-order valence-electron chi connectivity index (χ4n) is 2.95. The number of hydrogen-bond acceptors (Lipinski definition) is 2. The van der Waals surface area contributed by atoms with Gasteiger partial charge < -0.3 is 15.4 Å². The average Bonchev–Trinajstić information content (AvgIpc) is 3.43. The Kier molecular flexibility index (Phi) is 5.49. The predicted molar refractivity (Wildman–Crippen MR) is 100 cm³/mol. The second-order valence-electron chi connectivity index (χ2n) is 6.49. The summed E-state index contributed by atoms with van der Waals surface area (Å²) in [7, 11) is 1.66. The zero-order valence-corrected chi connectivity index (χ0v) is 15.1. The lowest BCUT2D eigenvalue weighted by molar-refractivity contribution is 0.240. The first-order valence-corrected chi connectivity index (χ1v) is 8.90. The van der Waals surface area contributed by atoms with Crippen molar-refractivity contribution in [3.63, 3.8) is 0 Å². The van der Waals surface area contributed by atoms with Gasteiger partial charge in [-0.15, -0.1) is 0 Å². The van der Waals surface area contributed by atoms with Gasteiger partial charge in [0.15, 0.2) is 0 Å². The first-order valence-electron chi connectivity index (χ1n) is 8.52. The summed E-state index contributed by atoms with van der Waals surface area (Å²) in [4.78, 5) is 12.0. The van der Waals surface area contributed by atoms with Crippen molar-refractivity contribution in [3.05, 3.63) is 64.7 Å². The van der Waals surface area contributed by atoms with Crippen molar-refractivity contribution in [2.75, 3.05) is 20.2 Å². The lowest BCUT2D eigenvalue weighted by atomic mass is 9.96. The lowest BCUT2D eigenvalue weighted by Gasteiger charge is -2.17. The molecule has 5 heteroatoms. The molecule has 0 aliphatic heterocycles. The van der Waals surface area contributed by atoms with E-state index < -0.39 is 0 Å². The van der Waals surface area contributed by atoms with Crippen LogP contribution in [0.25, 0.3) is 0 Å². The highest BCUT2D eigenvalue weighted by atomic mass is 35.5. The van der Waals surface area contributed by atoms with Crippen molar-refractivity contribution in [2.45, 2.75) is 24.7 Å². The molecule has 0 heterocycles. The smallest absolute Gasteiger partial charge is 0.314 e. The summed E-state index contributed by atoms with van der Waals surface area (Å²) in [6.45, 7) is 1.26. The summed E-state index contributed by atoms with van der Waals surface area (Å²) in [5, 5.41) is 6.64. The van der Waals surface area contributed by atoms with E-state index in [9.17, 15) is 4.79 Å². The van der Waals surface area contributed by atoms with Gasteiger partial charge in [0.25, 0.3) is 0 Å². The number of carbonyl (C=O) groups is 1. The quantitative estimate of drug-likeness (QED) is 0.788. The van der Waals surface area contributed by atoms with Crippen LogP contribution < -0.4 is 15.4 Å². The van der Waals surface area contributed by atoms with Gasteiger partial charge in [0, 0.05) is 23.5 Å². The van der Waals surface area contributed by atoms with E-state index in [1.807, 2.05) is 36.4 Å². The molecule has 132 valence electrons. The standard InChI is InChI=1S/C20H23ClN2O2/c1-25-18-8-4-16(5-9-18)20(11-12-20)14-23-19(24)22-13-10-15-2-6-17(21)7-3-15/h2-9H,10-14H2,1H3,(H2,22,23,24). The Morgan fingerprint density at radius 2 is 1.76 bits per heavy atom. The number of halogens is 1. The third-order valence-corrected chi connectivity index (χ3v) is 5.01. The molecular weight excluding hydrogens is 336 g/mol. The lowest BCUT2D eigenvalue weighted by Crippen LogP contribution is -2.40. The molecule has 1 aliphatic rings. The monoisotopic (exact) mass is 358 g/mol. The van der Waals surface area contributed by atoms with Crippen LogP contribution in [0.4, 0.5) is 4.79 Å². The van der Waals surface area contributed by atoms with Crippen molar-refractivity contribution in [3.8, 4) is 5.75 Å². The SMILES string of the molecule is COc1ccc(C2(CNC(=O)NCCc3ccc(Cl)cc3)CC2)cc1. The molecule has 0 aromatic heterocycles. The number of rotatable bonds is 7. The number of amides is 2. The van der Waals surface area contributed by atoms with E-state index >= 15 is 0 Å². The number of ether oxygens (including phenoxy) is 1. The van der Waals surface area contributed by atoms with Gasteiger partial charge in [-0.1, -0.05) is 35.9 Å². The highest BCUT2D eigenvalue weighted by Gasteiger charge is 2.44. The number of carbonyl (C=O) groups excluding carboxylic acids is 1. The minimum Gasteiger partial charge on any atom is -0.497 e. The van der Waals surface area contributed by atoms with Gasteiger partial charge in [0.05, 0.1) is 7.11 Å². The second-order valence-corrected chi connectivity index (χ2v) is 6.93. The van der Waals surface area contributed by atoms with Crippen LogP contribution in [0.1, 0.15) is 24.0 Å². The van der Waals surface area contributed by atoms with E-state index in [-0.39, 0.29) is 11.4 Å². The van der Waals surface area contributed by atoms with E-state index in [4.69, 9.17) is 16.3 Å². The first kappa shape index (κ1) is 17.6. The molecule has 0 spiro atoms. The Balaban J connectivity index is 1.43. The summed E-state index contributed by atoms with van der Waals surface area (Å²) in [6, 6.07) is 15.7. The van der Waals surface area contributed by atoms with Crippen LogP contribution >= 0.6 is 11.6 Å². The first-order chi connectivity index (χ1) is 12.1. The molecule has 0 radical (unpaired) electrons. The molecule has 4 nitrogen and oxygen atoms in total. The van der Waals surface area contributed by atoms with E-state index in [1.54, 1.807) is 7.11 Å². The molecule has 2 amide bonds. The molecule has 25 heavy (non-hydrogen) atoms. The number of nitrogens with one attached hydrogen (secondary N) is 2. The molecule has 2 aromatic carbocycles. The maximum Gasteiger partial charge on any atom is 0.314 e. The summed E-state index contributed by atoms with van der Waals surface area (Å²) in [5.41, 5.74) is 2.50. The van der Waals surface area contributed by atoms with Gasteiger partial charge >= 0.3 is 6.03 Å². The number of methoxy groups -OCH3 is 1. The fourth-order valence-corrected chi connectivity index (χ4v) is 3.07. The number of hydrogen-bond donors (Lipinski definition) is 2. The highest BCUT2D eigenvalue weighted by molar-refractivity contribution is 6.30. The van der Waals surface area contributed by atoms with E-state index in [0.717, 1.165) is 35.6 Å². The van der Waals surface area contributed by atoms with Gasteiger partial charge in [-0.3, -0.25) is 0 Å². The average molecular weight is 359 g/mol. The zero-order valence-electron chi connectivity index (χ0n) is 14.3. The van der Waals surface area contributed by atoms with Crippen LogP contribution in [-0.4, -0.2) is 26.2 Å². The Morgan fingerprint density at radius 1 is 1.08 bits per heavy atom. The predicted octanol–water partition coefficient (Wildman–Crippen LogP) is 3.92. The van der Waals surface area contributed by atoms with E-state index in [0.29, 0.717) is 13.1 Å². The normalized spacial score (nSPS) is 14.6. The molecule has 3 rings (SSSR count). The largest absolute Gasteiger partial charge is 0.497 e. The molecule has 1 aliphatic carbocycles. The fraction of sp³-hybridized carbons (Fsp3) is 0.350. The number of urea groups is 1. The number of benzene rings is 2. The molecule has 1 fully saturated rings. The Bertz CT molecular complexity index is 709. The maximum absolute atomic E-state index is 12.0. The van der Waals surface area contributed by atoms with Gasteiger partial charge in [-0.2, -0.15) is 0 Å². The summed E-state index contributed by atoms with van der Waals surface area (Å²) >= 11 is 5.87. The summed E-state index contributed by atoms with van der Waals surface area (Å²) in [6.07, 6.45) is 2.99. The molecule has 0 unspecified atom stereocenters. The van der Waals surface area contributed by atoms with Crippen molar-refractivity contribution in [1.29, 1.82) is 0 Å². The van der Waals surface area contributed by atoms with Crippen LogP contribution in [-0.2, 0) is 11.8 Å². The van der Waals surface area contributed by atoms with Crippen LogP contribution in [0.15, 0.2) is 48.5 Å². The highest BCUT2D eigenvalue weighted by Crippen LogP contribution is 2.47. The molecule has 1 saturated carbocycles. The van der Waals surface area contributed by atoms with Gasteiger partial charge in [0.2, 0.25) is 0 Å². The van der Waals surface area contributed by atoms with Crippen LogP contribution in [0.2, 0.25) is 5.02 Å². The van der Waals surface area contributed by atoms with Gasteiger partial charge in [-0.05, 0) is 54.7 Å². The topological polar surface area (TPSA) is 50.4 Å². The molecule has 0 saturated heterocycles. The van der Waals surface area contributed by atoms with Crippen molar-refractivity contribution < 1.29 is 9.53 Å². The molecule has 2 aromatic rings. The zero-order chi connectivity index (χ0) is 17.7. The van der Waals surface area contributed by atoms with Crippen LogP contribution in [0, 0.1) is 0 Å². The van der Waals surface area contributed by atoms with Crippen molar-refractivity contribution in [1.82, 2.24) is 10.6 Å². The van der Waals surface area contributed by atoms with Crippen molar-refractivity contribution in [2.24, 2.45) is 0 Å². The molecule has 0 bridgehead atoms. The van der Waals surface area contributed by atoms with Crippen LogP contribution in [0.5, 0.6) is 5.75 Å². The minimum atomic E-state index is -0.117. The Labute approximate surface area is 153 Å². The van der Waals surface area contributed by atoms with E-state index in [1.165, 1.54) is 5.56 Å². The summed E-state index contributed by atoms with van der Waals surface area (Å²) in [5.74, 6) is 0.854. The third kappa shape index (κ3) is 4.67. The Hall–Kier alpha value is -2.20. The minimum absolute atomic E-state index is 0.0831. The summed E-state index contributed by atoms with van der Waals surface area (Å²) < 4.78 is 5.20. The van der Waals surface area contributed by atoms with Gasteiger partial charge in [0.1, 0.15) is 5.75 Å². The van der Waals surface area contributed by atoms with Gasteiger partial charge in [-0.25, -0.2) is 4.79 Å². The van der Waals surface area contributed by atoms with E-state index in [2.05, 4.69) is 22.8 Å². The Morgan fingerprint density at radius 3 is 2.36 bits per heavy atom. The molecule has 0 atom stereocenters. The molecule has 2 N–H and O–H groups in total. The molecular formula is C20H23ClN2O2. The third-order valence-electron chi connectivity index (χ3n) is 4.76. The maximum atomic E-state index is 12.0. The van der Waals surface area contributed by atoms with Crippen molar-refractivity contribution >= 4 is 17.6 Å².